The van der Waals surface area contributed by atoms with E-state index in [1.165, 1.54) is 32.2 Å². The third kappa shape index (κ3) is 1.80. The first kappa shape index (κ1) is 18.1. The summed E-state index contributed by atoms with van der Waals surface area (Å²) in [5.74, 6) is -6.77. The number of nitrogens with zero attached hydrogens (tertiary/aromatic N) is 3. The van der Waals surface area contributed by atoms with Gasteiger partial charge in [-0.1, -0.05) is 0 Å². The molecule has 5 atom stereocenters. The van der Waals surface area contributed by atoms with Gasteiger partial charge in [-0.05, 0) is 38.1 Å². The molecule has 0 spiro atoms. The molecule has 0 unspecified atom stereocenters. The Morgan fingerprint density at radius 3 is 2.59 bits per heavy atom. The number of amides is 2. The van der Waals surface area contributed by atoms with Crippen LogP contribution in [0.25, 0.3) is 10.9 Å². The highest BCUT2D eigenvalue weighted by molar-refractivity contribution is 6.26. The van der Waals surface area contributed by atoms with Gasteiger partial charge in [-0.15, -0.1) is 0 Å². The second kappa shape index (κ2) is 5.16. The summed E-state index contributed by atoms with van der Waals surface area (Å²) >= 11 is 0. The summed E-state index contributed by atoms with van der Waals surface area (Å²) in [6.07, 6.45) is -0.775. The molecule has 9 heteroatoms. The smallest absolute Gasteiger partial charge is 0.240 e. The van der Waals surface area contributed by atoms with Crippen LogP contribution in [0.4, 0.5) is 10.1 Å². The van der Waals surface area contributed by atoms with E-state index in [9.17, 15) is 29.5 Å². The van der Waals surface area contributed by atoms with Crippen LogP contribution in [0.5, 0.6) is 0 Å². The van der Waals surface area contributed by atoms with E-state index in [0.717, 1.165) is 4.90 Å². The van der Waals surface area contributed by atoms with Crippen LogP contribution < -0.4 is 4.90 Å². The zero-order valence-corrected chi connectivity index (χ0v) is 15.5. The fraction of sp³-hybridized carbons (Fsp3) is 0.400. The van der Waals surface area contributed by atoms with Gasteiger partial charge in [-0.2, -0.15) is 5.26 Å². The van der Waals surface area contributed by atoms with E-state index in [0.29, 0.717) is 10.9 Å². The quantitative estimate of drug-likeness (QED) is 0.539. The lowest BCUT2D eigenvalue weighted by Crippen LogP contribution is -2.64. The number of fused-ring (bicyclic) bond motifs is 6. The molecule has 2 bridgehead atoms. The van der Waals surface area contributed by atoms with Gasteiger partial charge < -0.3 is 14.9 Å². The first-order valence-corrected chi connectivity index (χ1v) is 9.04. The van der Waals surface area contributed by atoms with Crippen LogP contribution in [0.3, 0.4) is 0 Å². The van der Waals surface area contributed by atoms with Crippen molar-refractivity contribution in [1.29, 1.82) is 5.26 Å². The molecule has 3 saturated heterocycles. The van der Waals surface area contributed by atoms with Crippen LogP contribution in [-0.4, -0.2) is 50.2 Å². The number of rotatable bonds is 1. The molecule has 2 amide bonds. The van der Waals surface area contributed by atoms with Gasteiger partial charge in [0.15, 0.2) is 6.17 Å². The number of imide groups is 1. The molecule has 0 saturated carbocycles. The molecule has 8 nitrogen and oxygen atoms in total. The van der Waals surface area contributed by atoms with Gasteiger partial charge in [0.2, 0.25) is 17.6 Å². The molecular weight excluding hydrogens is 381 g/mol. The number of carbonyl (C=O) groups is 2. The molecule has 3 aliphatic rings. The number of ether oxygens (including phenoxy) is 1. The summed E-state index contributed by atoms with van der Waals surface area (Å²) in [5.41, 5.74) is -3.03. The monoisotopic (exact) mass is 397 g/mol. The molecule has 0 aliphatic carbocycles. The Bertz CT molecular complexity index is 1160. The van der Waals surface area contributed by atoms with Crippen molar-refractivity contribution in [3.8, 4) is 6.07 Å². The maximum Gasteiger partial charge on any atom is 0.240 e. The van der Waals surface area contributed by atoms with Crippen molar-refractivity contribution in [3.63, 3.8) is 0 Å². The number of aromatic nitrogens is 1. The van der Waals surface area contributed by atoms with Crippen molar-refractivity contribution >= 4 is 28.4 Å². The Morgan fingerprint density at radius 2 is 1.90 bits per heavy atom. The van der Waals surface area contributed by atoms with Crippen molar-refractivity contribution in [1.82, 2.24) is 4.98 Å². The van der Waals surface area contributed by atoms with Crippen molar-refractivity contribution in [2.24, 2.45) is 11.8 Å². The molecule has 2 aromatic rings. The maximum absolute atomic E-state index is 14.9. The lowest BCUT2D eigenvalue weighted by Gasteiger charge is -2.40. The molecule has 1 aromatic heterocycles. The second-order valence-electron chi connectivity index (χ2n) is 8.09. The normalized spacial score (nSPS) is 37.2. The third-order valence-corrected chi connectivity index (χ3v) is 6.64. The predicted molar refractivity (Wildman–Crippen MR) is 95.9 cm³/mol. The van der Waals surface area contributed by atoms with E-state index >= 15 is 0 Å². The number of aliphatic hydroxyl groups is 2. The summed E-state index contributed by atoms with van der Waals surface area (Å²) in [6, 6.07) is 8.17. The summed E-state index contributed by atoms with van der Waals surface area (Å²) in [5, 5.41) is 30.4. The minimum Gasteiger partial charge on any atom is -0.361 e. The lowest BCUT2D eigenvalue weighted by atomic mass is 9.65. The number of carbonyl (C=O) groups excluding carboxylic acids is 2. The second-order valence-corrected chi connectivity index (χ2v) is 8.09. The van der Waals surface area contributed by atoms with Crippen LogP contribution in [0.2, 0.25) is 0 Å². The summed E-state index contributed by atoms with van der Waals surface area (Å²) in [6.45, 7) is 2.52. The van der Waals surface area contributed by atoms with Crippen LogP contribution in [0, 0.1) is 23.2 Å². The van der Waals surface area contributed by atoms with Gasteiger partial charge in [-0.3, -0.25) is 14.6 Å². The molecule has 1 aromatic carbocycles. The Hall–Kier alpha value is -2.93. The third-order valence-electron chi connectivity index (χ3n) is 6.64. The number of halogens is 1. The zero-order valence-electron chi connectivity index (χ0n) is 15.5. The van der Waals surface area contributed by atoms with Gasteiger partial charge in [0.05, 0.1) is 28.6 Å². The average Bonchev–Trinajstić information content (AvgIpc) is 3.16. The van der Waals surface area contributed by atoms with E-state index in [1.807, 2.05) is 6.07 Å². The molecule has 3 fully saturated rings. The van der Waals surface area contributed by atoms with Gasteiger partial charge in [0.1, 0.15) is 17.3 Å². The highest BCUT2D eigenvalue weighted by Crippen LogP contribution is 2.65. The Labute approximate surface area is 164 Å². The topological polar surface area (TPSA) is 124 Å². The van der Waals surface area contributed by atoms with Crippen molar-refractivity contribution < 1.29 is 28.9 Å². The Balaban J connectivity index is 1.71. The largest absolute Gasteiger partial charge is 0.361 e. The first-order valence-electron chi connectivity index (χ1n) is 9.04. The zero-order chi connectivity index (χ0) is 20.9. The standard InChI is InChI=1S/C20H16FN3O5/c1-18-12-13(19(2,29-18)20(27,28)17(18)21)16(26)24(15(12)25)11-6-5-9(8-22)14-10(11)4-3-7-23-14/h3-7,12-13,17,27-28H,1-2H3/t12-,13+,17+,18+,19-/m1/s1. The van der Waals surface area contributed by atoms with Gasteiger partial charge >= 0.3 is 0 Å². The molecule has 2 N–H and O–H groups in total. The van der Waals surface area contributed by atoms with E-state index in [4.69, 9.17) is 4.74 Å². The SMILES string of the molecule is C[C@]12O[C@](C)([C@@H]3C(=O)N(c4ccc(C#N)c5ncccc45)C(=O)[C@@H]31)C(O)(O)[C@H]2F. The van der Waals surface area contributed by atoms with Crippen LogP contribution in [0.15, 0.2) is 30.5 Å². The molecule has 3 aliphatic heterocycles. The van der Waals surface area contributed by atoms with E-state index in [-0.39, 0.29) is 11.3 Å². The number of anilines is 1. The molecule has 29 heavy (non-hydrogen) atoms. The molecule has 4 heterocycles. The highest BCUT2D eigenvalue weighted by atomic mass is 19.1. The van der Waals surface area contributed by atoms with E-state index in [1.54, 1.807) is 12.1 Å². The number of pyridine rings is 1. The molecule has 0 radical (unpaired) electrons. The van der Waals surface area contributed by atoms with Crippen molar-refractivity contribution in [3.05, 3.63) is 36.0 Å². The van der Waals surface area contributed by atoms with Gasteiger partial charge in [0, 0.05) is 11.6 Å². The summed E-state index contributed by atoms with van der Waals surface area (Å²) < 4.78 is 20.5. The minimum atomic E-state index is -2.91. The van der Waals surface area contributed by atoms with Crippen molar-refractivity contribution in [2.45, 2.75) is 37.0 Å². The first-order chi connectivity index (χ1) is 13.6. The van der Waals surface area contributed by atoms with E-state index < -0.39 is 46.8 Å². The lowest BCUT2D eigenvalue weighted by molar-refractivity contribution is -0.266. The minimum absolute atomic E-state index is 0.208. The Kier molecular flexibility index (Phi) is 3.22. The van der Waals surface area contributed by atoms with E-state index in [2.05, 4.69) is 4.98 Å². The summed E-state index contributed by atoms with van der Waals surface area (Å²) in [4.78, 5) is 31.7. The average molecular weight is 397 g/mol. The van der Waals surface area contributed by atoms with Crippen LogP contribution in [-0.2, 0) is 14.3 Å². The number of nitriles is 1. The van der Waals surface area contributed by atoms with Crippen molar-refractivity contribution in [2.75, 3.05) is 4.90 Å². The predicted octanol–water partition coefficient (Wildman–Crippen LogP) is 0.792. The number of alkyl halides is 1. The number of benzene rings is 1. The number of hydrogen-bond acceptors (Lipinski definition) is 7. The van der Waals surface area contributed by atoms with Gasteiger partial charge in [0.25, 0.3) is 0 Å². The fourth-order valence-corrected chi connectivity index (χ4v) is 5.23. The number of hydrogen-bond donors (Lipinski definition) is 2. The molecule has 5 rings (SSSR count). The van der Waals surface area contributed by atoms with Gasteiger partial charge in [-0.25, -0.2) is 9.29 Å². The van der Waals surface area contributed by atoms with Crippen LogP contribution >= 0.6 is 0 Å². The summed E-state index contributed by atoms with van der Waals surface area (Å²) in [7, 11) is 0. The van der Waals surface area contributed by atoms with Crippen LogP contribution in [0.1, 0.15) is 19.4 Å². The molecular formula is C20H16FN3O5. The molecule has 148 valence electrons. The Morgan fingerprint density at radius 1 is 1.21 bits per heavy atom. The fourth-order valence-electron chi connectivity index (χ4n) is 5.23. The highest BCUT2D eigenvalue weighted by Gasteiger charge is 2.85. The maximum atomic E-state index is 14.9.